The van der Waals surface area contributed by atoms with E-state index in [9.17, 15) is 4.79 Å². The molecule has 0 aromatic heterocycles. The van der Waals surface area contributed by atoms with Crippen molar-refractivity contribution >= 4 is 5.91 Å². The normalized spacial score (nSPS) is 11.6. The van der Waals surface area contributed by atoms with Crippen LogP contribution >= 0.6 is 0 Å². The first-order valence-electron chi connectivity index (χ1n) is 8.24. The molecular formula is C22H21NO2. The largest absolute Gasteiger partial charge is 0.497 e. The van der Waals surface area contributed by atoms with Gasteiger partial charge in [0.25, 0.3) is 5.91 Å². The predicted octanol–water partition coefficient (Wildman–Crippen LogP) is 4.52. The number of benzene rings is 3. The van der Waals surface area contributed by atoms with Gasteiger partial charge in [0.1, 0.15) is 5.75 Å². The molecular weight excluding hydrogens is 310 g/mol. The van der Waals surface area contributed by atoms with Crippen molar-refractivity contribution in [2.45, 2.75) is 13.0 Å². The monoisotopic (exact) mass is 331 g/mol. The van der Waals surface area contributed by atoms with Crippen molar-refractivity contribution in [3.8, 4) is 5.75 Å². The summed E-state index contributed by atoms with van der Waals surface area (Å²) in [6, 6.07) is 25.1. The van der Waals surface area contributed by atoms with Gasteiger partial charge in [-0.15, -0.1) is 0 Å². The highest BCUT2D eigenvalue weighted by molar-refractivity contribution is 5.94. The van der Waals surface area contributed by atoms with E-state index in [2.05, 4.69) is 36.5 Å². The van der Waals surface area contributed by atoms with Crippen LogP contribution in [0.5, 0.6) is 5.75 Å². The summed E-state index contributed by atoms with van der Waals surface area (Å²) >= 11 is 0. The number of aryl methyl sites for hydroxylation is 1. The summed E-state index contributed by atoms with van der Waals surface area (Å²) in [6.45, 7) is 2.05. The highest BCUT2D eigenvalue weighted by atomic mass is 16.5. The first kappa shape index (κ1) is 16.8. The van der Waals surface area contributed by atoms with Crippen LogP contribution < -0.4 is 10.1 Å². The van der Waals surface area contributed by atoms with Crippen LogP contribution in [0.25, 0.3) is 0 Å². The fraction of sp³-hybridized carbons (Fsp3) is 0.136. The van der Waals surface area contributed by atoms with Crippen molar-refractivity contribution in [2.24, 2.45) is 0 Å². The van der Waals surface area contributed by atoms with Gasteiger partial charge in [0.2, 0.25) is 0 Å². The van der Waals surface area contributed by atoms with E-state index in [4.69, 9.17) is 4.74 Å². The number of amides is 1. The third kappa shape index (κ3) is 4.07. The minimum Gasteiger partial charge on any atom is -0.497 e. The summed E-state index contributed by atoms with van der Waals surface area (Å²) in [5.41, 5.74) is 3.90. The molecule has 1 amide bonds. The van der Waals surface area contributed by atoms with Crippen LogP contribution in [0.2, 0.25) is 0 Å². The van der Waals surface area contributed by atoms with E-state index in [1.807, 2.05) is 30.3 Å². The Morgan fingerprint density at radius 2 is 1.44 bits per heavy atom. The van der Waals surface area contributed by atoms with Crippen LogP contribution in [0.3, 0.4) is 0 Å². The van der Waals surface area contributed by atoms with E-state index >= 15 is 0 Å². The molecule has 3 rings (SSSR count). The summed E-state index contributed by atoms with van der Waals surface area (Å²) < 4.78 is 5.15. The highest BCUT2D eigenvalue weighted by Crippen LogP contribution is 2.23. The van der Waals surface area contributed by atoms with Crippen molar-refractivity contribution in [1.82, 2.24) is 5.32 Å². The molecule has 126 valence electrons. The third-order valence-electron chi connectivity index (χ3n) is 4.17. The minimum atomic E-state index is -0.198. The van der Waals surface area contributed by atoms with Crippen LogP contribution in [0.4, 0.5) is 0 Å². The first-order chi connectivity index (χ1) is 12.2. The van der Waals surface area contributed by atoms with Crippen LogP contribution in [0, 0.1) is 6.92 Å². The second kappa shape index (κ2) is 7.67. The lowest BCUT2D eigenvalue weighted by Crippen LogP contribution is -2.29. The summed E-state index contributed by atoms with van der Waals surface area (Å²) in [5, 5.41) is 3.14. The molecule has 3 nitrogen and oxygen atoms in total. The van der Waals surface area contributed by atoms with Gasteiger partial charge in [-0.25, -0.2) is 0 Å². The Hall–Kier alpha value is -3.07. The Labute approximate surface area is 148 Å². The number of carbonyl (C=O) groups is 1. The lowest BCUT2D eigenvalue weighted by Gasteiger charge is -2.20. The average Bonchev–Trinajstić information content (AvgIpc) is 2.67. The Morgan fingerprint density at radius 3 is 2.04 bits per heavy atom. The molecule has 3 heteroatoms. The van der Waals surface area contributed by atoms with Gasteiger partial charge in [-0.05, 0) is 42.3 Å². The summed E-state index contributed by atoms with van der Waals surface area (Å²) in [5.74, 6) is 0.617. The van der Waals surface area contributed by atoms with Crippen molar-refractivity contribution in [3.63, 3.8) is 0 Å². The lowest BCUT2D eigenvalue weighted by atomic mass is 9.97. The molecule has 1 atom stereocenters. The Balaban J connectivity index is 1.89. The molecule has 0 aliphatic carbocycles. The number of hydrogen-bond acceptors (Lipinski definition) is 2. The predicted molar refractivity (Wildman–Crippen MR) is 99.9 cm³/mol. The molecule has 0 saturated carbocycles. The molecule has 0 bridgehead atoms. The molecule has 0 saturated heterocycles. The average molecular weight is 331 g/mol. The number of ether oxygens (including phenoxy) is 1. The molecule has 0 aliphatic rings. The zero-order valence-corrected chi connectivity index (χ0v) is 14.4. The Kier molecular flexibility index (Phi) is 5.14. The van der Waals surface area contributed by atoms with Crippen LogP contribution in [-0.2, 0) is 0 Å². The van der Waals surface area contributed by atoms with E-state index in [0.29, 0.717) is 5.56 Å². The first-order valence-corrected chi connectivity index (χ1v) is 8.24. The SMILES string of the molecule is COc1ccc(C(=O)N[C@H](c2ccccc2)c2ccc(C)cc2)cc1. The number of methoxy groups -OCH3 is 1. The quantitative estimate of drug-likeness (QED) is 0.746. The topological polar surface area (TPSA) is 38.3 Å². The maximum absolute atomic E-state index is 12.7. The van der Waals surface area contributed by atoms with Crippen LogP contribution in [-0.4, -0.2) is 13.0 Å². The van der Waals surface area contributed by atoms with Crippen LogP contribution in [0.1, 0.15) is 33.1 Å². The number of hydrogen-bond donors (Lipinski definition) is 1. The molecule has 0 aliphatic heterocycles. The van der Waals surface area contributed by atoms with Gasteiger partial charge < -0.3 is 10.1 Å². The van der Waals surface area contributed by atoms with Gasteiger partial charge in [-0.1, -0.05) is 60.2 Å². The Morgan fingerprint density at radius 1 is 0.840 bits per heavy atom. The molecule has 3 aromatic rings. The number of rotatable bonds is 5. The van der Waals surface area contributed by atoms with E-state index in [1.165, 1.54) is 5.56 Å². The number of nitrogens with one attached hydrogen (secondary N) is 1. The fourth-order valence-corrected chi connectivity index (χ4v) is 2.72. The second-order valence-electron chi connectivity index (χ2n) is 5.96. The maximum Gasteiger partial charge on any atom is 0.252 e. The third-order valence-corrected chi connectivity index (χ3v) is 4.17. The van der Waals surface area contributed by atoms with Gasteiger partial charge in [0.05, 0.1) is 13.2 Å². The number of carbonyl (C=O) groups excluding carboxylic acids is 1. The molecule has 25 heavy (non-hydrogen) atoms. The summed E-state index contributed by atoms with van der Waals surface area (Å²) in [7, 11) is 1.61. The fourth-order valence-electron chi connectivity index (χ4n) is 2.72. The molecule has 0 spiro atoms. The standard InChI is InChI=1S/C22H21NO2/c1-16-8-10-18(11-9-16)21(17-6-4-3-5-7-17)23-22(24)19-12-14-20(25-2)15-13-19/h3-15,21H,1-2H3,(H,23,24)/t21-/m1/s1. The summed E-state index contributed by atoms with van der Waals surface area (Å²) in [4.78, 5) is 12.7. The van der Waals surface area contributed by atoms with Crippen molar-refractivity contribution in [2.75, 3.05) is 7.11 Å². The van der Waals surface area contributed by atoms with E-state index in [1.54, 1.807) is 31.4 Å². The van der Waals surface area contributed by atoms with E-state index < -0.39 is 0 Å². The van der Waals surface area contributed by atoms with E-state index in [0.717, 1.165) is 16.9 Å². The Bertz CT molecular complexity index is 824. The van der Waals surface area contributed by atoms with Gasteiger partial charge in [0.15, 0.2) is 0 Å². The second-order valence-corrected chi connectivity index (χ2v) is 5.96. The molecule has 0 fully saturated rings. The smallest absolute Gasteiger partial charge is 0.252 e. The zero-order valence-electron chi connectivity index (χ0n) is 14.4. The van der Waals surface area contributed by atoms with Gasteiger partial charge in [0, 0.05) is 5.56 Å². The minimum absolute atomic E-state index is 0.114. The van der Waals surface area contributed by atoms with Crippen molar-refractivity contribution < 1.29 is 9.53 Å². The molecule has 0 heterocycles. The van der Waals surface area contributed by atoms with E-state index in [-0.39, 0.29) is 11.9 Å². The van der Waals surface area contributed by atoms with Crippen molar-refractivity contribution in [1.29, 1.82) is 0 Å². The molecule has 3 aromatic carbocycles. The highest BCUT2D eigenvalue weighted by Gasteiger charge is 2.17. The van der Waals surface area contributed by atoms with Crippen LogP contribution in [0.15, 0.2) is 78.9 Å². The van der Waals surface area contributed by atoms with Gasteiger partial charge >= 0.3 is 0 Å². The lowest BCUT2D eigenvalue weighted by molar-refractivity contribution is 0.0943. The molecule has 1 N–H and O–H groups in total. The van der Waals surface area contributed by atoms with Gasteiger partial charge in [-0.3, -0.25) is 4.79 Å². The maximum atomic E-state index is 12.7. The van der Waals surface area contributed by atoms with Crippen molar-refractivity contribution in [3.05, 3.63) is 101 Å². The zero-order chi connectivity index (χ0) is 17.6. The molecule has 0 radical (unpaired) electrons. The van der Waals surface area contributed by atoms with Gasteiger partial charge in [-0.2, -0.15) is 0 Å². The summed E-state index contributed by atoms with van der Waals surface area (Å²) in [6.07, 6.45) is 0. The molecule has 0 unspecified atom stereocenters.